The molecule has 1 saturated heterocycles. The molecule has 0 aromatic heterocycles. The van der Waals surface area contributed by atoms with E-state index >= 15 is 0 Å². The molecule has 0 saturated carbocycles. The standard InChI is InChI=1S/C17H24FNO3/c1-2-21-17(20)16-6-3-4-11-19(16)12-5-13-22-15-9-7-14(18)8-10-15/h7-10,16H,2-6,11-13H2,1H3. The highest BCUT2D eigenvalue weighted by molar-refractivity contribution is 5.75. The zero-order chi connectivity index (χ0) is 15.8. The molecule has 1 aliphatic rings. The van der Waals surface area contributed by atoms with Crippen molar-refractivity contribution < 1.29 is 18.7 Å². The summed E-state index contributed by atoms with van der Waals surface area (Å²) in [6.07, 6.45) is 3.89. The van der Waals surface area contributed by atoms with Gasteiger partial charge in [0.05, 0.1) is 13.2 Å². The molecular formula is C17H24FNO3. The van der Waals surface area contributed by atoms with Crippen molar-refractivity contribution in [3.63, 3.8) is 0 Å². The SMILES string of the molecule is CCOC(=O)C1CCCCN1CCCOc1ccc(F)cc1. The second kappa shape index (κ2) is 8.73. The van der Waals surface area contributed by atoms with Crippen LogP contribution in [-0.2, 0) is 9.53 Å². The zero-order valence-corrected chi connectivity index (χ0v) is 13.1. The number of carbonyl (C=O) groups is 1. The lowest BCUT2D eigenvalue weighted by Gasteiger charge is -2.33. The predicted octanol–water partition coefficient (Wildman–Crippen LogP) is 3.01. The zero-order valence-electron chi connectivity index (χ0n) is 13.1. The minimum Gasteiger partial charge on any atom is -0.494 e. The van der Waals surface area contributed by atoms with Crippen molar-refractivity contribution in [2.24, 2.45) is 0 Å². The Balaban J connectivity index is 1.74. The van der Waals surface area contributed by atoms with E-state index in [0.717, 1.165) is 38.8 Å². The average molecular weight is 309 g/mol. The predicted molar refractivity (Wildman–Crippen MR) is 82.4 cm³/mol. The summed E-state index contributed by atoms with van der Waals surface area (Å²) in [5, 5.41) is 0. The molecule has 5 heteroatoms. The van der Waals surface area contributed by atoms with Gasteiger partial charge in [0.15, 0.2) is 0 Å². The van der Waals surface area contributed by atoms with E-state index in [4.69, 9.17) is 9.47 Å². The Morgan fingerprint density at radius 3 is 2.82 bits per heavy atom. The van der Waals surface area contributed by atoms with Crippen molar-refractivity contribution in [2.45, 2.75) is 38.6 Å². The molecule has 22 heavy (non-hydrogen) atoms. The number of benzene rings is 1. The van der Waals surface area contributed by atoms with Gasteiger partial charge in [0.2, 0.25) is 0 Å². The smallest absolute Gasteiger partial charge is 0.323 e. The van der Waals surface area contributed by atoms with E-state index in [0.29, 0.717) is 19.0 Å². The Bertz CT molecular complexity index is 463. The number of hydrogen-bond acceptors (Lipinski definition) is 4. The van der Waals surface area contributed by atoms with Crippen molar-refractivity contribution in [2.75, 3.05) is 26.3 Å². The lowest BCUT2D eigenvalue weighted by Crippen LogP contribution is -2.46. The van der Waals surface area contributed by atoms with E-state index in [2.05, 4.69) is 4.90 Å². The molecule has 0 N–H and O–H groups in total. The number of hydrogen-bond donors (Lipinski definition) is 0. The van der Waals surface area contributed by atoms with Gasteiger partial charge in [-0.15, -0.1) is 0 Å². The van der Waals surface area contributed by atoms with E-state index in [1.807, 2.05) is 6.92 Å². The molecule has 1 aromatic carbocycles. The van der Waals surface area contributed by atoms with Crippen LogP contribution in [0.2, 0.25) is 0 Å². The summed E-state index contributed by atoms with van der Waals surface area (Å²) in [5.74, 6) is 0.293. The summed E-state index contributed by atoms with van der Waals surface area (Å²) in [5.41, 5.74) is 0. The maximum atomic E-state index is 12.8. The highest BCUT2D eigenvalue weighted by Gasteiger charge is 2.29. The molecule has 2 rings (SSSR count). The number of likely N-dealkylation sites (tertiary alicyclic amines) is 1. The van der Waals surface area contributed by atoms with Gasteiger partial charge in [0.1, 0.15) is 17.6 Å². The van der Waals surface area contributed by atoms with Crippen molar-refractivity contribution in [1.82, 2.24) is 4.90 Å². The Morgan fingerprint density at radius 1 is 1.32 bits per heavy atom. The maximum absolute atomic E-state index is 12.8. The molecule has 0 radical (unpaired) electrons. The minimum atomic E-state index is -0.266. The number of halogens is 1. The lowest BCUT2D eigenvalue weighted by molar-refractivity contribution is -0.150. The van der Waals surface area contributed by atoms with Crippen LogP contribution in [0.15, 0.2) is 24.3 Å². The second-order valence-electron chi connectivity index (χ2n) is 5.46. The third-order valence-corrected chi connectivity index (χ3v) is 3.84. The quantitative estimate of drug-likeness (QED) is 0.573. The van der Waals surface area contributed by atoms with Gasteiger partial charge in [0, 0.05) is 6.54 Å². The Labute approximate surface area is 131 Å². The molecule has 1 aliphatic heterocycles. The third kappa shape index (κ3) is 4.98. The normalized spacial score (nSPS) is 18.9. The largest absolute Gasteiger partial charge is 0.494 e. The minimum absolute atomic E-state index is 0.110. The van der Waals surface area contributed by atoms with Crippen molar-refractivity contribution in [3.8, 4) is 5.75 Å². The molecule has 122 valence electrons. The molecule has 4 nitrogen and oxygen atoms in total. The summed E-state index contributed by atoms with van der Waals surface area (Å²) < 4.78 is 23.5. The van der Waals surface area contributed by atoms with Crippen molar-refractivity contribution >= 4 is 5.97 Å². The molecule has 1 unspecified atom stereocenters. The van der Waals surface area contributed by atoms with Crippen molar-refractivity contribution in [3.05, 3.63) is 30.1 Å². The number of ether oxygens (including phenoxy) is 2. The highest BCUT2D eigenvalue weighted by Crippen LogP contribution is 2.19. The monoisotopic (exact) mass is 309 g/mol. The lowest BCUT2D eigenvalue weighted by atomic mass is 10.0. The fraction of sp³-hybridized carbons (Fsp3) is 0.588. The van der Waals surface area contributed by atoms with E-state index in [9.17, 15) is 9.18 Å². The first kappa shape index (κ1) is 16.7. The van der Waals surface area contributed by atoms with Gasteiger partial charge in [0.25, 0.3) is 0 Å². The van der Waals surface area contributed by atoms with Crippen LogP contribution in [0.3, 0.4) is 0 Å². The molecule has 1 heterocycles. The van der Waals surface area contributed by atoms with E-state index in [1.54, 1.807) is 12.1 Å². The van der Waals surface area contributed by atoms with Gasteiger partial charge in [-0.05, 0) is 57.0 Å². The topological polar surface area (TPSA) is 38.8 Å². The van der Waals surface area contributed by atoms with Crippen LogP contribution in [0, 0.1) is 5.82 Å². The number of nitrogens with zero attached hydrogens (tertiary/aromatic N) is 1. The summed E-state index contributed by atoms with van der Waals surface area (Å²) >= 11 is 0. The molecule has 1 aromatic rings. The summed E-state index contributed by atoms with van der Waals surface area (Å²) in [4.78, 5) is 14.2. The van der Waals surface area contributed by atoms with Gasteiger partial charge in [-0.1, -0.05) is 6.42 Å². The van der Waals surface area contributed by atoms with Gasteiger partial charge >= 0.3 is 5.97 Å². The number of esters is 1. The fourth-order valence-electron chi connectivity index (χ4n) is 2.75. The van der Waals surface area contributed by atoms with Gasteiger partial charge in [-0.3, -0.25) is 9.69 Å². The van der Waals surface area contributed by atoms with Gasteiger partial charge in [-0.25, -0.2) is 4.39 Å². The number of piperidine rings is 1. The van der Waals surface area contributed by atoms with Gasteiger partial charge in [-0.2, -0.15) is 0 Å². The second-order valence-corrected chi connectivity index (χ2v) is 5.46. The molecule has 0 spiro atoms. The summed E-state index contributed by atoms with van der Waals surface area (Å²) in [7, 11) is 0. The van der Waals surface area contributed by atoms with Crippen LogP contribution in [0.1, 0.15) is 32.6 Å². The van der Waals surface area contributed by atoms with Crippen LogP contribution in [-0.4, -0.2) is 43.2 Å². The van der Waals surface area contributed by atoms with E-state index in [1.165, 1.54) is 12.1 Å². The molecule has 1 fully saturated rings. The molecule has 0 amide bonds. The Hall–Kier alpha value is -1.62. The van der Waals surface area contributed by atoms with Crippen LogP contribution in [0.4, 0.5) is 4.39 Å². The third-order valence-electron chi connectivity index (χ3n) is 3.84. The Morgan fingerprint density at radius 2 is 2.09 bits per heavy atom. The highest BCUT2D eigenvalue weighted by atomic mass is 19.1. The van der Waals surface area contributed by atoms with Crippen LogP contribution >= 0.6 is 0 Å². The fourth-order valence-corrected chi connectivity index (χ4v) is 2.75. The molecule has 0 aliphatic carbocycles. The van der Waals surface area contributed by atoms with Crippen LogP contribution in [0.5, 0.6) is 5.75 Å². The van der Waals surface area contributed by atoms with Crippen LogP contribution < -0.4 is 4.74 Å². The first-order valence-corrected chi connectivity index (χ1v) is 7.99. The molecule has 0 bridgehead atoms. The van der Waals surface area contributed by atoms with Crippen LogP contribution in [0.25, 0.3) is 0 Å². The number of carbonyl (C=O) groups excluding carboxylic acids is 1. The Kier molecular flexibility index (Phi) is 6.65. The summed E-state index contributed by atoms with van der Waals surface area (Å²) in [6, 6.07) is 5.91. The van der Waals surface area contributed by atoms with Crippen molar-refractivity contribution in [1.29, 1.82) is 0 Å². The first-order valence-electron chi connectivity index (χ1n) is 7.99. The molecule has 1 atom stereocenters. The first-order chi connectivity index (χ1) is 10.7. The summed E-state index contributed by atoms with van der Waals surface area (Å²) in [6.45, 7) is 4.56. The molecular weight excluding hydrogens is 285 g/mol. The number of rotatable bonds is 7. The average Bonchev–Trinajstić information content (AvgIpc) is 2.54. The maximum Gasteiger partial charge on any atom is 0.323 e. The van der Waals surface area contributed by atoms with E-state index in [-0.39, 0.29) is 17.8 Å². The van der Waals surface area contributed by atoms with E-state index < -0.39 is 0 Å². The van der Waals surface area contributed by atoms with Gasteiger partial charge < -0.3 is 9.47 Å².